The van der Waals surface area contributed by atoms with Crippen LogP contribution in [0.5, 0.6) is 0 Å². The summed E-state index contributed by atoms with van der Waals surface area (Å²) in [6.45, 7) is 0.136. The van der Waals surface area contributed by atoms with Crippen molar-refractivity contribution in [2.45, 2.75) is 11.4 Å². The number of sulfonamides is 1. The summed E-state index contributed by atoms with van der Waals surface area (Å²) in [5.74, 6) is 0.554. The molecule has 0 spiro atoms. The zero-order valence-corrected chi connectivity index (χ0v) is 11.8. The summed E-state index contributed by atoms with van der Waals surface area (Å²) in [5.41, 5.74) is 5.83. The van der Waals surface area contributed by atoms with Gasteiger partial charge in [0.05, 0.1) is 18.5 Å². The number of nitrogens with zero attached hydrogens (tertiary/aromatic N) is 1. The average molecular weight is 301 g/mol. The minimum Gasteiger partial charge on any atom is -0.468 e. The van der Waals surface area contributed by atoms with Gasteiger partial charge in [-0.25, -0.2) is 8.42 Å². The van der Waals surface area contributed by atoms with E-state index in [-0.39, 0.29) is 17.1 Å². The third kappa shape index (κ3) is 2.91. The standard InChI is InChI=1S/C12H13ClN2O3S/c1-15(8-10-3-2-6-18-10)19(16,17)12-5-4-9(13)7-11(12)14/h2-7H,8,14H2,1H3. The highest BCUT2D eigenvalue weighted by atomic mass is 35.5. The fourth-order valence-electron chi connectivity index (χ4n) is 1.63. The lowest BCUT2D eigenvalue weighted by Crippen LogP contribution is -2.27. The van der Waals surface area contributed by atoms with E-state index in [1.54, 1.807) is 12.1 Å². The molecule has 0 saturated carbocycles. The molecule has 102 valence electrons. The zero-order chi connectivity index (χ0) is 14.0. The van der Waals surface area contributed by atoms with Gasteiger partial charge in [0.25, 0.3) is 0 Å². The normalized spacial score (nSPS) is 11.9. The summed E-state index contributed by atoms with van der Waals surface area (Å²) in [4.78, 5) is 0.0333. The van der Waals surface area contributed by atoms with E-state index in [9.17, 15) is 8.42 Å². The number of hydrogen-bond donors (Lipinski definition) is 1. The predicted octanol–water partition coefficient (Wildman–Crippen LogP) is 2.34. The van der Waals surface area contributed by atoms with Gasteiger partial charge in [-0.1, -0.05) is 11.6 Å². The van der Waals surface area contributed by atoms with Crippen LogP contribution in [-0.4, -0.2) is 19.8 Å². The van der Waals surface area contributed by atoms with Gasteiger partial charge in [-0.15, -0.1) is 0 Å². The van der Waals surface area contributed by atoms with Crippen molar-refractivity contribution < 1.29 is 12.8 Å². The summed E-state index contributed by atoms with van der Waals surface area (Å²) in [5, 5.41) is 0.394. The highest BCUT2D eigenvalue weighted by Gasteiger charge is 2.24. The van der Waals surface area contributed by atoms with Gasteiger partial charge in [0, 0.05) is 12.1 Å². The van der Waals surface area contributed by atoms with Gasteiger partial charge >= 0.3 is 0 Å². The van der Waals surface area contributed by atoms with Crippen molar-refractivity contribution in [3.05, 3.63) is 47.4 Å². The Hall–Kier alpha value is -1.50. The molecule has 0 amide bonds. The van der Waals surface area contributed by atoms with E-state index < -0.39 is 10.0 Å². The predicted molar refractivity (Wildman–Crippen MR) is 73.2 cm³/mol. The topological polar surface area (TPSA) is 76.5 Å². The lowest BCUT2D eigenvalue weighted by Gasteiger charge is -2.17. The number of benzene rings is 1. The van der Waals surface area contributed by atoms with Crippen LogP contribution in [0, 0.1) is 0 Å². The first-order valence-electron chi connectivity index (χ1n) is 5.45. The quantitative estimate of drug-likeness (QED) is 0.879. The van der Waals surface area contributed by atoms with Crippen LogP contribution in [0.25, 0.3) is 0 Å². The maximum Gasteiger partial charge on any atom is 0.245 e. The van der Waals surface area contributed by atoms with Crippen LogP contribution in [0.1, 0.15) is 5.76 Å². The summed E-state index contributed by atoms with van der Waals surface area (Å²) < 4.78 is 31.0. The second-order valence-corrected chi connectivity index (χ2v) is 6.47. The average Bonchev–Trinajstić information content (AvgIpc) is 2.81. The van der Waals surface area contributed by atoms with Crippen molar-refractivity contribution in [2.24, 2.45) is 0 Å². The first-order chi connectivity index (χ1) is 8.91. The molecule has 0 unspecified atom stereocenters. The SMILES string of the molecule is CN(Cc1ccco1)S(=O)(=O)c1ccc(Cl)cc1N. The molecule has 2 N–H and O–H groups in total. The van der Waals surface area contributed by atoms with Gasteiger partial charge in [0.2, 0.25) is 10.0 Å². The van der Waals surface area contributed by atoms with E-state index in [0.29, 0.717) is 10.8 Å². The number of hydrogen-bond acceptors (Lipinski definition) is 4. The number of nitrogens with two attached hydrogens (primary N) is 1. The monoisotopic (exact) mass is 300 g/mol. The third-order valence-electron chi connectivity index (χ3n) is 2.62. The molecule has 7 heteroatoms. The lowest BCUT2D eigenvalue weighted by atomic mass is 10.3. The number of anilines is 1. The summed E-state index contributed by atoms with van der Waals surface area (Å²) in [6.07, 6.45) is 1.49. The lowest BCUT2D eigenvalue weighted by molar-refractivity contribution is 0.406. The Labute approximate surface area is 116 Å². The van der Waals surface area contributed by atoms with Gasteiger partial charge in [0.1, 0.15) is 10.7 Å². The van der Waals surface area contributed by atoms with Crippen LogP contribution >= 0.6 is 11.6 Å². The molecule has 0 saturated heterocycles. The molecule has 19 heavy (non-hydrogen) atoms. The molecule has 0 radical (unpaired) electrons. The van der Waals surface area contributed by atoms with Crippen LogP contribution in [-0.2, 0) is 16.6 Å². The first kappa shape index (κ1) is 13.9. The molecule has 2 rings (SSSR count). The van der Waals surface area contributed by atoms with E-state index in [0.717, 1.165) is 0 Å². The molecule has 0 aliphatic rings. The van der Waals surface area contributed by atoms with E-state index >= 15 is 0 Å². The highest BCUT2D eigenvalue weighted by molar-refractivity contribution is 7.89. The molecule has 0 aliphatic heterocycles. The Morgan fingerprint density at radius 2 is 2.11 bits per heavy atom. The van der Waals surface area contributed by atoms with E-state index in [1.165, 1.54) is 35.8 Å². The van der Waals surface area contributed by atoms with Crippen LogP contribution in [0.15, 0.2) is 45.9 Å². The largest absolute Gasteiger partial charge is 0.468 e. The molecule has 1 aromatic carbocycles. The third-order valence-corrected chi connectivity index (χ3v) is 4.73. The Morgan fingerprint density at radius 1 is 1.37 bits per heavy atom. The Balaban J connectivity index is 2.31. The smallest absolute Gasteiger partial charge is 0.245 e. The number of furan rings is 1. The molecule has 0 aliphatic carbocycles. The van der Waals surface area contributed by atoms with Gasteiger partial charge < -0.3 is 10.2 Å². The molecule has 0 atom stereocenters. The van der Waals surface area contributed by atoms with Crippen molar-refractivity contribution in [3.63, 3.8) is 0 Å². The van der Waals surface area contributed by atoms with Crippen molar-refractivity contribution in [1.82, 2.24) is 4.31 Å². The minimum absolute atomic E-state index is 0.0333. The maximum absolute atomic E-state index is 12.4. The van der Waals surface area contributed by atoms with Crippen molar-refractivity contribution >= 4 is 27.3 Å². The summed E-state index contributed by atoms with van der Waals surface area (Å²) >= 11 is 5.76. The molecule has 2 aromatic rings. The highest BCUT2D eigenvalue weighted by Crippen LogP contribution is 2.25. The van der Waals surface area contributed by atoms with Crippen molar-refractivity contribution in [1.29, 1.82) is 0 Å². The van der Waals surface area contributed by atoms with E-state index in [1.807, 2.05) is 0 Å². The van der Waals surface area contributed by atoms with Gasteiger partial charge in [-0.2, -0.15) is 4.31 Å². The van der Waals surface area contributed by atoms with Gasteiger partial charge in [0.15, 0.2) is 0 Å². The molecule has 1 aromatic heterocycles. The van der Waals surface area contributed by atoms with Crippen LogP contribution in [0.2, 0.25) is 5.02 Å². The van der Waals surface area contributed by atoms with Crippen molar-refractivity contribution in [2.75, 3.05) is 12.8 Å². The number of rotatable bonds is 4. The molecule has 1 heterocycles. The minimum atomic E-state index is -3.67. The fraction of sp³-hybridized carbons (Fsp3) is 0.167. The molecular weight excluding hydrogens is 288 g/mol. The van der Waals surface area contributed by atoms with Crippen LogP contribution < -0.4 is 5.73 Å². The second kappa shape index (κ2) is 5.24. The summed E-state index contributed by atoms with van der Waals surface area (Å²) in [6, 6.07) is 7.70. The maximum atomic E-state index is 12.4. The zero-order valence-electron chi connectivity index (χ0n) is 10.2. The second-order valence-electron chi connectivity index (χ2n) is 4.02. The molecule has 5 nitrogen and oxygen atoms in total. The van der Waals surface area contributed by atoms with Crippen LogP contribution in [0.3, 0.4) is 0 Å². The molecular formula is C12H13ClN2O3S. The number of halogens is 1. The molecule has 0 fully saturated rings. The van der Waals surface area contributed by atoms with Crippen LogP contribution in [0.4, 0.5) is 5.69 Å². The molecule has 0 bridgehead atoms. The Bertz CT molecular complexity index is 668. The van der Waals surface area contributed by atoms with Crippen molar-refractivity contribution in [3.8, 4) is 0 Å². The Morgan fingerprint density at radius 3 is 2.68 bits per heavy atom. The van der Waals surface area contributed by atoms with Gasteiger partial charge in [-0.05, 0) is 30.3 Å². The van der Waals surface area contributed by atoms with E-state index in [4.69, 9.17) is 21.8 Å². The van der Waals surface area contributed by atoms with Gasteiger partial charge in [-0.3, -0.25) is 0 Å². The fourth-order valence-corrected chi connectivity index (χ4v) is 3.04. The van der Waals surface area contributed by atoms with E-state index in [2.05, 4.69) is 0 Å². The Kier molecular flexibility index (Phi) is 3.84. The summed E-state index contributed by atoms with van der Waals surface area (Å²) in [7, 11) is -2.21. The number of nitrogen functional groups attached to an aromatic ring is 1. The first-order valence-corrected chi connectivity index (χ1v) is 7.27.